The first kappa shape index (κ1) is 12.8. The Bertz CT molecular complexity index is 468. The Labute approximate surface area is 102 Å². The molecule has 0 aliphatic rings. The predicted molar refractivity (Wildman–Crippen MR) is 66.2 cm³/mol. The number of carbonyl (C=O) groups excluding carboxylic acids is 1. The first-order valence-electron chi connectivity index (χ1n) is 4.83. The van der Waals surface area contributed by atoms with Gasteiger partial charge in [-0.05, 0) is 28.4 Å². The number of hydrogen-bond acceptors (Lipinski definition) is 3. The third-order valence-electron chi connectivity index (χ3n) is 2.36. The first-order valence-corrected chi connectivity index (χ1v) is 5.62. The topological polar surface area (TPSA) is 77.1 Å². The largest absolute Gasteiger partial charge is 0.397 e. The maximum Gasteiger partial charge on any atom is 0.265 e. The van der Waals surface area contributed by atoms with Crippen molar-refractivity contribution in [1.29, 1.82) is 0 Å². The Balaban J connectivity index is 2.98. The maximum atomic E-state index is 11.8. The van der Waals surface area contributed by atoms with Crippen molar-refractivity contribution in [2.24, 2.45) is 0 Å². The number of carbonyl (C=O) groups is 1. The number of aryl methyl sites for hydroxylation is 1. The average molecular weight is 288 g/mol. The van der Waals surface area contributed by atoms with E-state index in [2.05, 4.69) is 21.2 Å². The number of aromatic nitrogens is 1. The van der Waals surface area contributed by atoms with Gasteiger partial charge in [0, 0.05) is 26.2 Å². The number of pyridine rings is 1. The van der Waals surface area contributed by atoms with Gasteiger partial charge in [0.1, 0.15) is 0 Å². The van der Waals surface area contributed by atoms with Crippen LogP contribution in [0.2, 0.25) is 0 Å². The Kier molecular flexibility index (Phi) is 4.12. The number of hydrogen-bond donors (Lipinski definition) is 2. The number of nitrogen functional groups attached to an aromatic ring is 1. The first-order chi connectivity index (χ1) is 7.47. The highest BCUT2D eigenvalue weighted by molar-refractivity contribution is 9.10. The second-order valence-electron chi connectivity index (χ2n) is 3.45. The fourth-order valence-electron chi connectivity index (χ4n) is 1.25. The van der Waals surface area contributed by atoms with Crippen LogP contribution in [0.15, 0.2) is 15.5 Å². The van der Waals surface area contributed by atoms with E-state index in [1.807, 2.05) is 0 Å². The van der Waals surface area contributed by atoms with Crippen LogP contribution in [0, 0.1) is 6.92 Å². The molecule has 0 saturated carbocycles. The van der Waals surface area contributed by atoms with Crippen molar-refractivity contribution in [3.05, 3.63) is 26.6 Å². The highest BCUT2D eigenvalue weighted by atomic mass is 79.9. The van der Waals surface area contributed by atoms with E-state index in [1.165, 1.54) is 4.57 Å². The van der Waals surface area contributed by atoms with Crippen molar-refractivity contribution >= 4 is 27.5 Å². The zero-order chi connectivity index (χ0) is 12.3. The Morgan fingerprint density at radius 1 is 1.62 bits per heavy atom. The summed E-state index contributed by atoms with van der Waals surface area (Å²) in [6, 6.07) is 0. The number of amides is 1. The van der Waals surface area contributed by atoms with Crippen LogP contribution >= 0.6 is 15.9 Å². The SMILES string of the molecule is CNC(=O)CCn1cc(N)c(C)c(Br)c1=O. The molecular formula is C10H14BrN3O2. The van der Waals surface area contributed by atoms with Crippen molar-refractivity contribution in [2.45, 2.75) is 19.9 Å². The molecule has 1 aromatic rings. The van der Waals surface area contributed by atoms with Crippen molar-refractivity contribution in [2.75, 3.05) is 12.8 Å². The summed E-state index contributed by atoms with van der Waals surface area (Å²) in [5, 5.41) is 2.50. The van der Waals surface area contributed by atoms with Crippen LogP contribution in [0.5, 0.6) is 0 Å². The van der Waals surface area contributed by atoms with Gasteiger partial charge >= 0.3 is 0 Å². The molecule has 1 heterocycles. The van der Waals surface area contributed by atoms with Crippen LogP contribution in [-0.4, -0.2) is 17.5 Å². The van der Waals surface area contributed by atoms with Gasteiger partial charge in [-0.2, -0.15) is 0 Å². The quantitative estimate of drug-likeness (QED) is 0.856. The fraction of sp³-hybridized carbons (Fsp3) is 0.400. The van der Waals surface area contributed by atoms with E-state index < -0.39 is 0 Å². The second kappa shape index (κ2) is 5.16. The number of nitrogens with two attached hydrogens (primary N) is 1. The molecule has 0 aliphatic heterocycles. The lowest BCUT2D eigenvalue weighted by Gasteiger charge is -2.09. The third kappa shape index (κ3) is 2.63. The Morgan fingerprint density at radius 3 is 2.81 bits per heavy atom. The summed E-state index contributed by atoms with van der Waals surface area (Å²) in [5.41, 5.74) is 6.82. The van der Waals surface area contributed by atoms with E-state index in [9.17, 15) is 9.59 Å². The lowest BCUT2D eigenvalue weighted by Crippen LogP contribution is -2.26. The van der Waals surface area contributed by atoms with E-state index in [0.717, 1.165) is 5.56 Å². The smallest absolute Gasteiger partial charge is 0.265 e. The van der Waals surface area contributed by atoms with Gasteiger partial charge in [-0.1, -0.05) is 0 Å². The van der Waals surface area contributed by atoms with Gasteiger partial charge < -0.3 is 15.6 Å². The normalized spacial score (nSPS) is 10.2. The lowest BCUT2D eigenvalue weighted by molar-refractivity contribution is -0.120. The lowest BCUT2D eigenvalue weighted by atomic mass is 10.2. The van der Waals surface area contributed by atoms with E-state index in [0.29, 0.717) is 16.7 Å². The Hall–Kier alpha value is -1.30. The zero-order valence-corrected chi connectivity index (χ0v) is 10.8. The van der Waals surface area contributed by atoms with Crippen LogP contribution < -0.4 is 16.6 Å². The molecular weight excluding hydrogens is 274 g/mol. The molecule has 88 valence electrons. The van der Waals surface area contributed by atoms with E-state index >= 15 is 0 Å². The number of anilines is 1. The van der Waals surface area contributed by atoms with Gasteiger partial charge in [-0.3, -0.25) is 9.59 Å². The summed E-state index contributed by atoms with van der Waals surface area (Å²) in [5.74, 6) is -0.109. The van der Waals surface area contributed by atoms with E-state index in [1.54, 1.807) is 20.2 Å². The third-order valence-corrected chi connectivity index (χ3v) is 3.30. The number of rotatable bonds is 3. The number of nitrogens with zero attached hydrogens (tertiary/aromatic N) is 1. The minimum absolute atomic E-state index is 0.109. The molecule has 1 rings (SSSR count). The highest BCUT2D eigenvalue weighted by Gasteiger charge is 2.09. The average Bonchev–Trinajstić information content (AvgIpc) is 2.28. The summed E-state index contributed by atoms with van der Waals surface area (Å²) in [7, 11) is 1.56. The van der Waals surface area contributed by atoms with Gasteiger partial charge in [-0.15, -0.1) is 0 Å². The molecule has 1 amide bonds. The van der Waals surface area contributed by atoms with Crippen LogP contribution in [0.4, 0.5) is 5.69 Å². The van der Waals surface area contributed by atoms with E-state index in [-0.39, 0.29) is 17.9 Å². The molecule has 0 spiro atoms. The summed E-state index contributed by atoms with van der Waals surface area (Å²) in [6.07, 6.45) is 1.82. The summed E-state index contributed by atoms with van der Waals surface area (Å²) < 4.78 is 1.88. The van der Waals surface area contributed by atoms with Crippen LogP contribution in [0.1, 0.15) is 12.0 Å². The molecule has 0 aliphatic carbocycles. The van der Waals surface area contributed by atoms with Gasteiger partial charge in [-0.25, -0.2) is 0 Å². The van der Waals surface area contributed by atoms with Crippen LogP contribution in [0.3, 0.4) is 0 Å². The highest BCUT2D eigenvalue weighted by Crippen LogP contribution is 2.16. The second-order valence-corrected chi connectivity index (χ2v) is 4.24. The molecule has 0 radical (unpaired) electrons. The molecule has 0 atom stereocenters. The maximum absolute atomic E-state index is 11.8. The monoisotopic (exact) mass is 287 g/mol. The van der Waals surface area contributed by atoms with Gasteiger partial charge in [0.05, 0.1) is 10.2 Å². The molecule has 0 fully saturated rings. The molecule has 3 N–H and O–H groups in total. The van der Waals surface area contributed by atoms with Gasteiger partial charge in [0.2, 0.25) is 5.91 Å². The molecule has 16 heavy (non-hydrogen) atoms. The summed E-state index contributed by atoms with van der Waals surface area (Å²) >= 11 is 3.19. The Morgan fingerprint density at radius 2 is 2.25 bits per heavy atom. The number of halogens is 1. The number of nitrogens with one attached hydrogen (secondary N) is 1. The molecule has 0 aromatic carbocycles. The molecule has 5 nitrogen and oxygen atoms in total. The van der Waals surface area contributed by atoms with Crippen molar-refractivity contribution < 1.29 is 4.79 Å². The molecule has 1 aromatic heterocycles. The fourth-order valence-corrected chi connectivity index (χ4v) is 1.71. The predicted octanol–water partition coefficient (Wildman–Crippen LogP) is 0.638. The summed E-state index contributed by atoms with van der Waals surface area (Å²) in [6.45, 7) is 2.09. The molecule has 6 heteroatoms. The van der Waals surface area contributed by atoms with Crippen molar-refractivity contribution in [3.8, 4) is 0 Å². The minimum atomic E-state index is -0.171. The van der Waals surface area contributed by atoms with E-state index in [4.69, 9.17) is 5.73 Å². The standard InChI is InChI=1S/C10H14BrN3O2/c1-6-7(12)5-14(10(16)9(6)11)4-3-8(15)13-2/h5H,3-4,12H2,1-2H3,(H,13,15). The molecule has 0 unspecified atom stereocenters. The van der Waals surface area contributed by atoms with Gasteiger partial charge in [0.15, 0.2) is 0 Å². The van der Waals surface area contributed by atoms with Crippen LogP contribution in [0.25, 0.3) is 0 Å². The molecule has 0 bridgehead atoms. The van der Waals surface area contributed by atoms with Crippen molar-refractivity contribution in [3.63, 3.8) is 0 Å². The molecule has 0 saturated heterocycles. The van der Waals surface area contributed by atoms with Crippen LogP contribution in [-0.2, 0) is 11.3 Å². The van der Waals surface area contributed by atoms with Gasteiger partial charge in [0.25, 0.3) is 5.56 Å². The zero-order valence-electron chi connectivity index (χ0n) is 9.21. The van der Waals surface area contributed by atoms with Crippen molar-refractivity contribution in [1.82, 2.24) is 9.88 Å². The minimum Gasteiger partial charge on any atom is -0.397 e. The summed E-state index contributed by atoms with van der Waals surface area (Å²) in [4.78, 5) is 22.8.